The topological polar surface area (TPSA) is 72.5 Å². The molecular weight excluding hydrogens is 226 g/mol. The lowest BCUT2D eigenvalue weighted by Gasteiger charge is -1.95. The SMILES string of the molecule is Nc1cc2nc(-n3cccn3)[nH]c2cc1Cl. The van der Waals surface area contributed by atoms with E-state index < -0.39 is 0 Å². The molecule has 3 rings (SSSR count). The first-order valence-corrected chi connectivity index (χ1v) is 5.06. The highest BCUT2D eigenvalue weighted by atomic mass is 35.5. The van der Waals surface area contributed by atoms with E-state index >= 15 is 0 Å². The Bertz CT molecular complexity index is 602. The van der Waals surface area contributed by atoms with Gasteiger partial charge in [0.25, 0.3) is 0 Å². The van der Waals surface area contributed by atoms with Gasteiger partial charge in [0.15, 0.2) is 0 Å². The third-order valence-corrected chi connectivity index (χ3v) is 2.64. The van der Waals surface area contributed by atoms with Crippen LogP contribution in [0.2, 0.25) is 5.02 Å². The Morgan fingerprint density at radius 3 is 3.00 bits per heavy atom. The third-order valence-electron chi connectivity index (χ3n) is 2.31. The predicted molar refractivity (Wildman–Crippen MR) is 62.6 cm³/mol. The number of hydrogen-bond acceptors (Lipinski definition) is 3. The number of imidazole rings is 1. The van der Waals surface area contributed by atoms with Gasteiger partial charge in [0.1, 0.15) is 0 Å². The zero-order valence-corrected chi connectivity index (χ0v) is 8.94. The first kappa shape index (κ1) is 9.23. The van der Waals surface area contributed by atoms with Crippen molar-refractivity contribution in [1.29, 1.82) is 0 Å². The first-order valence-electron chi connectivity index (χ1n) is 4.69. The minimum absolute atomic E-state index is 0.517. The predicted octanol–water partition coefficient (Wildman–Crippen LogP) is 1.98. The van der Waals surface area contributed by atoms with Crippen molar-refractivity contribution in [2.24, 2.45) is 0 Å². The van der Waals surface area contributed by atoms with Gasteiger partial charge in [-0.2, -0.15) is 5.10 Å². The summed E-state index contributed by atoms with van der Waals surface area (Å²) in [6.07, 6.45) is 3.50. The lowest BCUT2D eigenvalue weighted by Crippen LogP contribution is -1.95. The Labute approximate surface area is 95.8 Å². The average molecular weight is 234 g/mol. The van der Waals surface area contributed by atoms with E-state index in [1.54, 1.807) is 23.0 Å². The molecule has 0 aliphatic heterocycles. The molecule has 3 N–H and O–H groups in total. The van der Waals surface area contributed by atoms with Crippen molar-refractivity contribution >= 4 is 28.3 Å². The van der Waals surface area contributed by atoms with Gasteiger partial charge in [-0.25, -0.2) is 9.67 Å². The standard InChI is InChI=1S/C10H8ClN5/c11-6-4-8-9(5-7(6)12)15-10(14-8)16-3-1-2-13-16/h1-5H,12H2,(H,14,15). The number of nitrogens with two attached hydrogens (primary N) is 1. The van der Waals surface area contributed by atoms with Crippen LogP contribution in [0.4, 0.5) is 5.69 Å². The van der Waals surface area contributed by atoms with E-state index in [1.807, 2.05) is 12.3 Å². The number of anilines is 1. The van der Waals surface area contributed by atoms with Crippen molar-refractivity contribution in [2.75, 3.05) is 5.73 Å². The number of benzene rings is 1. The maximum atomic E-state index is 5.93. The van der Waals surface area contributed by atoms with Crippen molar-refractivity contribution in [3.63, 3.8) is 0 Å². The highest BCUT2D eigenvalue weighted by Crippen LogP contribution is 2.24. The largest absolute Gasteiger partial charge is 0.397 e. The van der Waals surface area contributed by atoms with E-state index in [0.717, 1.165) is 11.0 Å². The lowest BCUT2D eigenvalue weighted by molar-refractivity contribution is 0.829. The molecule has 16 heavy (non-hydrogen) atoms. The molecule has 1 aromatic carbocycles. The fraction of sp³-hybridized carbons (Fsp3) is 0. The summed E-state index contributed by atoms with van der Waals surface area (Å²) < 4.78 is 1.64. The molecule has 0 bridgehead atoms. The molecule has 6 heteroatoms. The van der Waals surface area contributed by atoms with Crippen LogP contribution in [0.15, 0.2) is 30.6 Å². The Kier molecular flexibility index (Phi) is 1.87. The monoisotopic (exact) mass is 233 g/mol. The molecular formula is C10H8ClN5. The first-order chi connectivity index (χ1) is 7.74. The molecule has 0 radical (unpaired) electrons. The quantitative estimate of drug-likeness (QED) is 0.632. The minimum Gasteiger partial charge on any atom is -0.397 e. The van der Waals surface area contributed by atoms with Gasteiger partial charge in [-0.05, 0) is 18.2 Å². The van der Waals surface area contributed by atoms with Crippen LogP contribution in [0.25, 0.3) is 17.0 Å². The molecule has 0 aliphatic rings. The number of nitrogens with zero attached hydrogens (tertiary/aromatic N) is 3. The van der Waals surface area contributed by atoms with Crippen LogP contribution < -0.4 is 5.73 Å². The third kappa shape index (κ3) is 1.33. The van der Waals surface area contributed by atoms with Crippen LogP contribution in [-0.4, -0.2) is 19.7 Å². The van der Waals surface area contributed by atoms with E-state index in [-0.39, 0.29) is 0 Å². The smallest absolute Gasteiger partial charge is 0.229 e. The van der Waals surface area contributed by atoms with Crippen LogP contribution in [0.1, 0.15) is 0 Å². The van der Waals surface area contributed by atoms with Gasteiger partial charge in [0, 0.05) is 12.4 Å². The summed E-state index contributed by atoms with van der Waals surface area (Å²) in [5.41, 5.74) is 7.84. The second kappa shape index (κ2) is 3.24. The molecule has 2 heterocycles. The van der Waals surface area contributed by atoms with Gasteiger partial charge in [0.05, 0.1) is 21.7 Å². The van der Waals surface area contributed by atoms with E-state index in [0.29, 0.717) is 16.7 Å². The number of fused-ring (bicyclic) bond motifs is 1. The Morgan fingerprint density at radius 2 is 2.25 bits per heavy atom. The van der Waals surface area contributed by atoms with Crippen LogP contribution in [0, 0.1) is 0 Å². The number of nitrogens with one attached hydrogen (secondary N) is 1. The Balaban J connectivity index is 2.23. The van der Waals surface area contributed by atoms with Gasteiger partial charge in [-0.15, -0.1) is 0 Å². The second-order valence-corrected chi connectivity index (χ2v) is 3.81. The van der Waals surface area contributed by atoms with Gasteiger partial charge in [0.2, 0.25) is 5.95 Å². The molecule has 0 unspecified atom stereocenters. The summed E-state index contributed by atoms with van der Waals surface area (Å²) in [5, 5.41) is 4.60. The number of aromatic nitrogens is 4. The highest BCUT2D eigenvalue weighted by Gasteiger charge is 2.07. The summed E-state index contributed by atoms with van der Waals surface area (Å²) in [6.45, 7) is 0. The Hall–Kier alpha value is -2.01. The molecule has 5 nitrogen and oxygen atoms in total. The van der Waals surface area contributed by atoms with Crippen LogP contribution >= 0.6 is 11.6 Å². The van der Waals surface area contributed by atoms with E-state index in [4.69, 9.17) is 17.3 Å². The molecule has 0 fully saturated rings. The van der Waals surface area contributed by atoms with Gasteiger partial charge in [-0.3, -0.25) is 0 Å². The molecule has 80 valence electrons. The van der Waals surface area contributed by atoms with E-state index in [2.05, 4.69) is 15.1 Å². The van der Waals surface area contributed by atoms with Crippen molar-refractivity contribution in [3.8, 4) is 5.95 Å². The molecule has 0 amide bonds. The number of hydrogen-bond donors (Lipinski definition) is 2. The average Bonchev–Trinajstić information content (AvgIpc) is 2.86. The summed E-state index contributed by atoms with van der Waals surface area (Å²) >= 11 is 5.93. The zero-order chi connectivity index (χ0) is 11.1. The molecule has 2 aromatic heterocycles. The molecule has 0 aliphatic carbocycles. The number of nitrogen functional groups attached to an aromatic ring is 1. The van der Waals surface area contributed by atoms with E-state index in [9.17, 15) is 0 Å². The van der Waals surface area contributed by atoms with Crippen molar-refractivity contribution < 1.29 is 0 Å². The van der Waals surface area contributed by atoms with Crippen molar-refractivity contribution in [2.45, 2.75) is 0 Å². The molecule has 0 spiro atoms. The fourth-order valence-corrected chi connectivity index (χ4v) is 1.70. The maximum Gasteiger partial charge on any atom is 0.229 e. The van der Waals surface area contributed by atoms with Crippen molar-refractivity contribution in [3.05, 3.63) is 35.6 Å². The van der Waals surface area contributed by atoms with Crippen LogP contribution in [0.3, 0.4) is 0 Å². The summed E-state index contributed by atoms with van der Waals surface area (Å²) in [4.78, 5) is 7.48. The van der Waals surface area contributed by atoms with E-state index in [1.165, 1.54) is 0 Å². The molecule has 0 saturated carbocycles. The number of H-pyrrole nitrogens is 1. The van der Waals surface area contributed by atoms with Crippen LogP contribution in [0.5, 0.6) is 0 Å². The second-order valence-electron chi connectivity index (χ2n) is 3.40. The van der Waals surface area contributed by atoms with Crippen LogP contribution in [-0.2, 0) is 0 Å². The summed E-state index contributed by atoms with van der Waals surface area (Å²) in [7, 11) is 0. The number of halogens is 1. The van der Waals surface area contributed by atoms with Crippen molar-refractivity contribution in [1.82, 2.24) is 19.7 Å². The fourth-order valence-electron chi connectivity index (χ4n) is 1.54. The summed E-state index contributed by atoms with van der Waals surface area (Å²) in [5.74, 6) is 0.640. The molecule has 0 atom stereocenters. The minimum atomic E-state index is 0.517. The normalized spacial score (nSPS) is 11.1. The maximum absolute atomic E-state index is 5.93. The van der Waals surface area contributed by atoms with Gasteiger partial charge in [-0.1, -0.05) is 11.6 Å². The van der Waals surface area contributed by atoms with Gasteiger partial charge >= 0.3 is 0 Å². The zero-order valence-electron chi connectivity index (χ0n) is 8.18. The Morgan fingerprint density at radius 1 is 1.38 bits per heavy atom. The summed E-state index contributed by atoms with van der Waals surface area (Å²) in [6, 6.07) is 5.32. The number of aromatic amines is 1. The highest BCUT2D eigenvalue weighted by molar-refractivity contribution is 6.33. The lowest BCUT2D eigenvalue weighted by atomic mass is 10.3. The number of rotatable bonds is 1. The molecule has 3 aromatic rings. The molecule has 0 saturated heterocycles. The van der Waals surface area contributed by atoms with Gasteiger partial charge < -0.3 is 10.7 Å².